The predicted octanol–water partition coefficient (Wildman–Crippen LogP) is 0.666. The Hall–Kier alpha value is -1.44. The van der Waals surface area contributed by atoms with E-state index >= 15 is 0 Å². The lowest BCUT2D eigenvalue weighted by molar-refractivity contribution is 0.0952. The second kappa shape index (κ2) is 8.11. The van der Waals surface area contributed by atoms with Crippen LogP contribution in [0, 0.1) is 0 Å². The highest BCUT2D eigenvalue weighted by atomic mass is 32.2. The number of hydrogen-bond acceptors (Lipinski definition) is 4. The summed E-state index contributed by atoms with van der Waals surface area (Å²) in [5.74, 6) is -0.193. The number of benzene rings is 1. The number of carbonyl (C=O) groups is 1. The van der Waals surface area contributed by atoms with Crippen molar-refractivity contribution in [2.24, 2.45) is 0 Å². The fourth-order valence-corrected chi connectivity index (χ4v) is 2.80. The highest BCUT2D eigenvalue weighted by molar-refractivity contribution is 7.89. The second-order valence-corrected chi connectivity index (χ2v) is 6.71. The van der Waals surface area contributed by atoms with Gasteiger partial charge < -0.3 is 10.2 Å². The zero-order valence-electron chi connectivity index (χ0n) is 12.7. The van der Waals surface area contributed by atoms with Gasteiger partial charge in [-0.1, -0.05) is 6.92 Å². The zero-order chi connectivity index (χ0) is 15.9. The van der Waals surface area contributed by atoms with Crippen molar-refractivity contribution >= 4 is 15.9 Å². The number of amides is 1. The molecule has 7 heteroatoms. The maximum Gasteiger partial charge on any atom is 0.251 e. The maximum absolute atomic E-state index is 11.9. The molecule has 0 saturated carbocycles. The smallest absolute Gasteiger partial charge is 0.251 e. The molecule has 0 atom stereocenters. The second-order valence-electron chi connectivity index (χ2n) is 4.94. The number of nitrogens with one attached hydrogen (secondary N) is 2. The van der Waals surface area contributed by atoms with Gasteiger partial charge in [0.1, 0.15) is 0 Å². The summed E-state index contributed by atoms with van der Waals surface area (Å²) in [5.41, 5.74) is 0.454. The van der Waals surface area contributed by atoms with Crippen molar-refractivity contribution in [1.82, 2.24) is 14.9 Å². The van der Waals surface area contributed by atoms with Crippen molar-refractivity contribution in [2.75, 3.05) is 33.7 Å². The van der Waals surface area contributed by atoms with Crippen LogP contribution in [0.2, 0.25) is 0 Å². The monoisotopic (exact) mass is 313 g/mol. The van der Waals surface area contributed by atoms with Gasteiger partial charge in [-0.2, -0.15) is 0 Å². The molecule has 1 aromatic carbocycles. The Morgan fingerprint density at radius 2 is 1.81 bits per heavy atom. The van der Waals surface area contributed by atoms with E-state index in [1.54, 1.807) is 6.92 Å². The predicted molar refractivity (Wildman–Crippen MR) is 82.8 cm³/mol. The first kappa shape index (κ1) is 17.6. The lowest BCUT2D eigenvalue weighted by Gasteiger charge is -2.10. The molecule has 6 nitrogen and oxygen atoms in total. The Labute approximate surface area is 126 Å². The average Bonchev–Trinajstić information content (AvgIpc) is 2.43. The Kier molecular flexibility index (Phi) is 6.80. The first-order chi connectivity index (χ1) is 9.86. The van der Waals surface area contributed by atoms with Crippen molar-refractivity contribution in [1.29, 1.82) is 0 Å². The zero-order valence-corrected chi connectivity index (χ0v) is 13.5. The Morgan fingerprint density at radius 3 is 2.33 bits per heavy atom. The van der Waals surface area contributed by atoms with E-state index in [2.05, 4.69) is 10.0 Å². The molecule has 1 amide bonds. The van der Waals surface area contributed by atoms with Gasteiger partial charge in [-0.15, -0.1) is 0 Å². The molecule has 0 spiro atoms. The summed E-state index contributed by atoms with van der Waals surface area (Å²) < 4.78 is 25.9. The molecule has 1 rings (SSSR count). The van der Waals surface area contributed by atoms with Crippen molar-refractivity contribution in [3.05, 3.63) is 29.8 Å². The first-order valence-electron chi connectivity index (χ1n) is 6.89. The number of hydrogen-bond donors (Lipinski definition) is 2. The van der Waals surface area contributed by atoms with Crippen molar-refractivity contribution < 1.29 is 13.2 Å². The topological polar surface area (TPSA) is 78.5 Å². The molecule has 21 heavy (non-hydrogen) atoms. The van der Waals surface area contributed by atoms with Crippen LogP contribution in [0.15, 0.2) is 29.2 Å². The lowest BCUT2D eigenvalue weighted by atomic mass is 10.2. The lowest BCUT2D eigenvalue weighted by Crippen LogP contribution is -2.27. The van der Waals surface area contributed by atoms with E-state index in [1.165, 1.54) is 24.3 Å². The quantitative estimate of drug-likeness (QED) is 0.691. The third kappa shape index (κ3) is 5.82. The summed E-state index contributed by atoms with van der Waals surface area (Å²) in [6, 6.07) is 5.91. The largest absolute Gasteiger partial charge is 0.352 e. The number of nitrogens with zero attached hydrogens (tertiary/aromatic N) is 1. The molecule has 2 N–H and O–H groups in total. The highest BCUT2D eigenvalue weighted by Crippen LogP contribution is 2.10. The summed E-state index contributed by atoms with van der Waals surface area (Å²) in [5, 5.41) is 2.81. The molecule has 1 aromatic rings. The maximum atomic E-state index is 11.9. The van der Waals surface area contributed by atoms with Crippen LogP contribution in [-0.2, 0) is 10.0 Å². The summed E-state index contributed by atoms with van der Waals surface area (Å²) in [6.45, 7) is 3.54. The van der Waals surface area contributed by atoms with Gasteiger partial charge in [0.2, 0.25) is 10.0 Å². The Balaban J connectivity index is 2.59. The molecule has 0 bridgehead atoms. The molecule has 0 unspecified atom stereocenters. The minimum Gasteiger partial charge on any atom is -0.352 e. The number of sulfonamides is 1. The fraction of sp³-hybridized carbons (Fsp3) is 0.500. The average molecular weight is 313 g/mol. The van der Waals surface area contributed by atoms with Gasteiger partial charge in [-0.25, -0.2) is 13.1 Å². The molecule has 118 valence electrons. The van der Waals surface area contributed by atoms with Crippen LogP contribution in [0.1, 0.15) is 23.7 Å². The van der Waals surface area contributed by atoms with Gasteiger partial charge in [0, 0.05) is 18.7 Å². The molecule has 0 fully saturated rings. The first-order valence-corrected chi connectivity index (χ1v) is 8.38. The standard InChI is InChI=1S/C14H23N3O3S/c1-4-16-21(19,20)13-8-6-12(7-9-13)14(18)15-10-5-11-17(2)3/h6-9,16H,4-5,10-11H2,1-3H3,(H,15,18). The normalized spacial score (nSPS) is 11.6. The molecule has 0 aliphatic heterocycles. The van der Waals surface area contributed by atoms with Crippen LogP contribution >= 0.6 is 0 Å². The van der Waals surface area contributed by atoms with Crippen LogP contribution in [0.3, 0.4) is 0 Å². The van der Waals surface area contributed by atoms with Crippen molar-refractivity contribution in [3.63, 3.8) is 0 Å². The van der Waals surface area contributed by atoms with Gasteiger partial charge in [0.15, 0.2) is 0 Å². The van der Waals surface area contributed by atoms with Crippen molar-refractivity contribution in [2.45, 2.75) is 18.2 Å². The molecule has 0 heterocycles. The van der Waals surface area contributed by atoms with Gasteiger partial charge in [0.05, 0.1) is 4.90 Å². The van der Waals surface area contributed by atoms with Gasteiger partial charge in [-0.3, -0.25) is 4.79 Å². The van der Waals surface area contributed by atoms with Crippen LogP contribution < -0.4 is 10.0 Å². The third-order valence-corrected chi connectivity index (χ3v) is 4.39. The highest BCUT2D eigenvalue weighted by Gasteiger charge is 2.13. The fourth-order valence-electron chi connectivity index (χ4n) is 1.76. The third-order valence-electron chi connectivity index (χ3n) is 2.83. The van der Waals surface area contributed by atoms with E-state index in [1.807, 2.05) is 19.0 Å². The molecular weight excluding hydrogens is 290 g/mol. The van der Waals surface area contributed by atoms with Crippen LogP contribution in [0.5, 0.6) is 0 Å². The van der Waals surface area contributed by atoms with Gasteiger partial charge in [-0.05, 0) is 51.3 Å². The van der Waals surface area contributed by atoms with Crippen LogP contribution in [0.25, 0.3) is 0 Å². The number of rotatable bonds is 8. The summed E-state index contributed by atoms with van der Waals surface area (Å²) in [4.78, 5) is 14.1. The molecule has 0 radical (unpaired) electrons. The van der Waals surface area contributed by atoms with E-state index in [-0.39, 0.29) is 10.8 Å². The van der Waals surface area contributed by atoms with E-state index < -0.39 is 10.0 Å². The molecule has 0 aliphatic rings. The van der Waals surface area contributed by atoms with E-state index in [4.69, 9.17) is 0 Å². The van der Waals surface area contributed by atoms with Gasteiger partial charge in [0.25, 0.3) is 5.91 Å². The summed E-state index contributed by atoms with van der Waals surface area (Å²) in [6.07, 6.45) is 0.867. The van der Waals surface area contributed by atoms with E-state index in [0.717, 1.165) is 13.0 Å². The Morgan fingerprint density at radius 1 is 1.19 bits per heavy atom. The SMILES string of the molecule is CCNS(=O)(=O)c1ccc(C(=O)NCCCN(C)C)cc1. The van der Waals surface area contributed by atoms with Crippen molar-refractivity contribution in [3.8, 4) is 0 Å². The molecule has 0 saturated heterocycles. The van der Waals surface area contributed by atoms with Crippen LogP contribution in [-0.4, -0.2) is 53.0 Å². The molecular formula is C14H23N3O3S. The van der Waals surface area contributed by atoms with Crippen LogP contribution in [0.4, 0.5) is 0 Å². The summed E-state index contributed by atoms with van der Waals surface area (Å²) >= 11 is 0. The van der Waals surface area contributed by atoms with E-state index in [0.29, 0.717) is 18.7 Å². The number of carbonyl (C=O) groups excluding carboxylic acids is 1. The van der Waals surface area contributed by atoms with E-state index in [9.17, 15) is 13.2 Å². The Bertz CT molecular complexity index is 553. The molecule has 0 aromatic heterocycles. The minimum absolute atomic E-state index is 0.161. The summed E-state index contributed by atoms with van der Waals surface area (Å²) in [7, 11) is 0.485. The minimum atomic E-state index is -3.47. The van der Waals surface area contributed by atoms with Gasteiger partial charge >= 0.3 is 0 Å². The molecule has 0 aliphatic carbocycles.